The topological polar surface area (TPSA) is 77.8 Å². The van der Waals surface area contributed by atoms with Crippen LogP contribution >= 0.6 is 0 Å². The van der Waals surface area contributed by atoms with Crippen molar-refractivity contribution in [3.05, 3.63) is 30.3 Å². The van der Waals surface area contributed by atoms with Gasteiger partial charge in [-0.25, -0.2) is 0 Å². The van der Waals surface area contributed by atoms with E-state index in [-0.39, 0.29) is 11.5 Å². The van der Waals surface area contributed by atoms with Crippen molar-refractivity contribution >= 4 is 0 Å². The minimum atomic E-state index is -0.194. The van der Waals surface area contributed by atoms with Crippen molar-refractivity contribution in [2.45, 2.75) is 37.6 Å². The SMILES string of the molecule is CC1(c2nc(-c3ccccn3)no2)CCCC1N. The highest BCUT2D eigenvalue weighted by Gasteiger charge is 2.42. The van der Waals surface area contributed by atoms with Crippen molar-refractivity contribution in [2.75, 3.05) is 0 Å². The van der Waals surface area contributed by atoms with E-state index in [0.717, 1.165) is 25.0 Å². The van der Waals surface area contributed by atoms with Gasteiger partial charge in [0.25, 0.3) is 0 Å². The van der Waals surface area contributed by atoms with E-state index in [9.17, 15) is 0 Å². The van der Waals surface area contributed by atoms with E-state index in [1.54, 1.807) is 6.20 Å². The second-order valence-electron chi connectivity index (χ2n) is 5.05. The van der Waals surface area contributed by atoms with Gasteiger partial charge in [0.1, 0.15) is 5.69 Å². The van der Waals surface area contributed by atoms with Gasteiger partial charge in [-0.05, 0) is 31.9 Å². The summed E-state index contributed by atoms with van der Waals surface area (Å²) in [6, 6.07) is 5.72. The predicted molar refractivity (Wildman–Crippen MR) is 66.7 cm³/mol. The smallest absolute Gasteiger partial charge is 0.234 e. The van der Waals surface area contributed by atoms with Gasteiger partial charge in [-0.15, -0.1) is 0 Å². The molecule has 2 heterocycles. The third-order valence-corrected chi connectivity index (χ3v) is 3.84. The summed E-state index contributed by atoms with van der Waals surface area (Å²) in [6.45, 7) is 2.10. The van der Waals surface area contributed by atoms with Gasteiger partial charge < -0.3 is 10.3 Å². The van der Waals surface area contributed by atoms with Crippen LogP contribution in [0, 0.1) is 0 Å². The number of nitrogens with two attached hydrogens (primary N) is 1. The van der Waals surface area contributed by atoms with Gasteiger partial charge in [0.15, 0.2) is 0 Å². The van der Waals surface area contributed by atoms with Gasteiger partial charge in [-0.1, -0.05) is 17.6 Å². The van der Waals surface area contributed by atoms with Crippen molar-refractivity contribution in [1.82, 2.24) is 15.1 Å². The maximum absolute atomic E-state index is 6.15. The Kier molecular flexibility index (Phi) is 2.63. The minimum absolute atomic E-state index is 0.0922. The molecule has 0 amide bonds. The largest absolute Gasteiger partial charge is 0.338 e. The Morgan fingerprint density at radius 2 is 2.33 bits per heavy atom. The maximum Gasteiger partial charge on any atom is 0.234 e. The molecule has 94 valence electrons. The molecule has 2 aromatic heterocycles. The first-order chi connectivity index (χ1) is 8.70. The summed E-state index contributed by atoms with van der Waals surface area (Å²) >= 11 is 0. The van der Waals surface area contributed by atoms with E-state index in [1.807, 2.05) is 18.2 Å². The summed E-state index contributed by atoms with van der Waals surface area (Å²) in [7, 11) is 0. The Hall–Kier alpha value is -1.75. The quantitative estimate of drug-likeness (QED) is 0.873. The molecule has 0 bridgehead atoms. The van der Waals surface area contributed by atoms with Crippen LogP contribution in [0.1, 0.15) is 32.1 Å². The third kappa shape index (κ3) is 1.71. The molecule has 0 aliphatic heterocycles. The van der Waals surface area contributed by atoms with Gasteiger partial charge in [0.05, 0.1) is 5.41 Å². The number of hydrogen-bond acceptors (Lipinski definition) is 5. The van der Waals surface area contributed by atoms with E-state index >= 15 is 0 Å². The fraction of sp³-hybridized carbons (Fsp3) is 0.462. The zero-order valence-corrected chi connectivity index (χ0v) is 10.3. The highest BCUT2D eigenvalue weighted by Crippen LogP contribution is 2.39. The molecule has 2 N–H and O–H groups in total. The average Bonchev–Trinajstić information content (AvgIpc) is 3.00. The lowest BCUT2D eigenvalue weighted by Gasteiger charge is -2.23. The fourth-order valence-electron chi connectivity index (χ4n) is 2.51. The highest BCUT2D eigenvalue weighted by molar-refractivity contribution is 5.47. The maximum atomic E-state index is 6.15. The molecule has 18 heavy (non-hydrogen) atoms. The Morgan fingerprint density at radius 3 is 3.00 bits per heavy atom. The second kappa shape index (κ2) is 4.17. The molecular weight excluding hydrogens is 228 g/mol. The zero-order valence-electron chi connectivity index (χ0n) is 10.3. The number of aromatic nitrogens is 3. The fourth-order valence-corrected chi connectivity index (χ4v) is 2.51. The van der Waals surface area contributed by atoms with E-state index in [0.29, 0.717) is 11.7 Å². The number of pyridine rings is 1. The molecule has 1 aliphatic carbocycles. The summed E-state index contributed by atoms with van der Waals surface area (Å²) in [4.78, 5) is 8.68. The Bertz CT molecular complexity index is 539. The normalized spacial score (nSPS) is 27.6. The lowest BCUT2D eigenvalue weighted by Crippen LogP contribution is -2.38. The van der Waals surface area contributed by atoms with Gasteiger partial charge in [-0.2, -0.15) is 4.98 Å². The summed E-state index contributed by atoms with van der Waals surface area (Å²) in [6.07, 6.45) is 4.84. The van der Waals surface area contributed by atoms with E-state index in [4.69, 9.17) is 10.3 Å². The van der Waals surface area contributed by atoms with Gasteiger partial charge >= 0.3 is 0 Å². The van der Waals surface area contributed by atoms with Crippen LogP contribution < -0.4 is 5.73 Å². The number of hydrogen-bond donors (Lipinski definition) is 1. The molecule has 2 atom stereocenters. The molecule has 5 heteroatoms. The van der Waals surface area contributed by atoms with Crippen molar-refractivity contribution in [2.24, 2.45) is 5.73 Å². The molecule has 0 saturated heterocycles. The van der Waals surface area contributed by atoms with Crippen LogP contribution in [-0.2, 0) is 5.41 Å². The van der Waals surface area contributed by atoms with Crippen molar-refractivity contribution < 1.29 is 4.52 Å². The molecule has 1 saturated carbocycles. The molecule has 0 aromatic carbocycles. The monoisotopic (exact) mass is 244 g/mol. The molecular formula is C13H16N4O. The molecule has 3 rings (SSSR count). The van der Waals surface area contributed by atoms with E-state index < -0.39 is 0 Å². The molecule has 5 nitrogen and oxygen atoms in total. The summed E-state index contributed by atoms with van der Waals surface area (Å²) in [5.41, 5.74) is 6.68. The molecule has 1 aliphatic rings. The first kappa shape index (κ1) is 11.3. The van der Waals surface area contributed by atoms with Crippen LogP contribution in [-0.4, -0.2) is 21.2 Å². The van der Waals surface area contributed by atoms with E-state index in [2.05, 4.69) is 22.0 Å². The number of rotatable bonds is 2. The molecule has 1 fully saturated rings. The van der Waals surface area contributed by atoms with Gasteiger partial charge in [0.2, 0.25) is 11.7 Å². The van der Waals surface area contributed by atoms with Crippen molar-refractivity contribution in [1.29, 1.82) is 0 Å². The van der Waals surface area contributed by atoms with Crippen LogP contribution in [0.4, 0.5) is 0 Å². The van der Waals surface area contributed by atoms with Gasteiger partial charge in [-0.3, -0.25) is 4.98 Å². The average molecular weight is 244 g/mol. The molecule has 0 radical (unpaired) electrons. The van der Waals surface area contributed by atoms with Crippen molar-refractivity contribution in [3.63, 3.8) is 0 Å². The van der Waals surface area contributed by atoms with Crippen LogP contribution in [0.15, 0.2) is 28.9 Å². The Labute approximate surface area is 105 Å². The van der Waals surface area contributed by atoms with Crippen molar-refractivity contribution in [3.8, 4) is 11.5 Å². The van der Waals surface area contributed by atoms with Crippen LogP contribution in [0.25, 0.3) is 11.5 Å². The van der Waals surface area contributed by atoms with Crippen LogP contribution in [0.5, 0.6) is 0 Å². The standard InChI is InChI=1S/C13H16N4O/c1-13(7-4-6-10(13)14)12-16-11(17-18-12)9-5-2-3-8-15-9/h2-3,5,8,10H,4,6-7,14H2,1H3. The lowest BCUT2D eigenvalue weighted by atomic mass is 9.85. The Balaban J connectivity index is 1.95. The first-order valence-corrected chi connectivity index (χ1v) is 6.21. The summed E-state index contributed by atoms with van der Waals surface area (Å²) in [5, 5.41) is 4.01. The third-order valence-electron chi connectivity index (χ3n) is 3.84. The first-order valence-electron chi connectivity index (χ1n) is 6.21. The van der Waals surface area contributed by atoms with Crippen LogP contribution in [0.2, 0.25) is 0 Å². The van der Waals surface area contributed by atoms with Gasteiger partial charge in [0, 0.05) is 12.2 Å². The molecule has 2 unspecified atom stereocenters. The van der Waals surface area contributed by atoms with E-state index in [1.165, 1.54) is 0 Å². The summed E-state index contributed by atoms with van der Waals surface area (Å²) in [5.74, 6) is 1.17. The lowest BCUT2D eigenvalue weighted by molar-refractivity contribution is 0.278. The Morgan fingerprint density at radius 1 is 1.44 bits per heavy atom. The predicted octanol–water partition coefficient (Wildman–Crippen LogP) is 1.90. The van der Waals surface area contributed by atoms with Crippen LogP contribution in [0.3, 0.4) is 0 Å². The second-order valence-corrected chi connectivity index (χ2v) is 5.05. The zero-order chi connectivity index (χ0) is 12.6. The summed E-state index contributed by atoms with van der Waals surface area (Å²) < 4.78 is 5.40. The molecule has 0 spiro atoms. The highest BCUT2D eigenvalue weighted by atomic mass is 16.5. The number of nitrogens with zero attached hydrogens (tertiary/aromatic N) is 3. The minimum Gasteiger partial charge on any atom is -0.338 e. The molecule has 2 aromatic rings.